The number of carbonyl (C=O) groups excluding carboxylic acids is 1. The smallest absolute Gasteiger partial charge is 0.249 e. The van der Waals surface area contributed by atoms with Crippen LogP contribution in [0.1, 0.15) is 65.0 Å². The molecule has 4 nitrogen and oxygen atoms in total. The number of hydrogen-bond donors (Lipinski definition) is 0. The van der Waals surface area contributed by atoms with E-state index in [4.69, 9.17) is 0 Å². The van der Waals surface area contributed by atoms with E-state index < -0.39 is 17.4 Å². The molecule has 0 spiro atoms. The summed E-state index contributed by atoms with van der Waals surface area (Å²) >= 11 is 0. The predicted octanol–water partition coefficient (Wildman–Crippen LogP) is 4.10. The molecule has 1 aromatic rings. The highest BCUT2D eigenvalue weighted by Crippen LogP contribution is 2.50. The molecule has 21 heavy (non-hydrogen) atoms. The third-order valence-corrected chi connectivity index (χ3v) is 5.04. The number of nitro groups is 1. The van der Waals surface area contributed by atoms with E-state index in [0.717, 1.165) is 22.3 Å². The van der Waals surface area contributed by atoms with Crippen molar-refractivity contribution in [2.24, 2.45) is 11.3 Å². The minimum absolute atomic E-state index is 0.0668. The Morgan fingerprint density at radius 1 is 0.952 bits per heavy atom. The van der Waals surface area contributed by atoms with Crippen molar-refractivity contribution in [3.05, 3.63) is 43.5 Å². The standard InChI is InChI=1S/C17H23NO3/c1-8-9(2)11(4)13-12(10(8)3)15(18(20)21)14(16(13)19)17(5,6)7/h14-15H,1-7H3/t14-,15-/m0/s1. The van der Waals surface area contributed by atoms with E-state index in [2.05, 4.69) is 0 Å². The Morgan fingerprint density at radius 3 is 1.86 bits per heavy atom. The molecule has 4 heteroatoms. The number of carbonyl (C=O) groups is 1. The van der Waals surface area contributed by atoms with Crippen LogP contribution in [0.2, 0.25) is 0 Å². The molecular weight excluding hydrogens is 266 g/mol. The van der Waals surface area contributed by atoms with Gasteiger partial charge in [0.25, 0.3) is 0 Å². The normalized spacial score (nSPS) is 21.6. The highest BCUT2D eigenvalue weighted by atomic mass is 16.6. The first kappa shape index (κ1) is 15.7. The molecule has 0 aliphatic heterocycles. The van der Waals surface area contributed by atoms with Crippen LogP contribution in [0.25, 0.3) is 0 Å². The van der Waals surface area contributed by atoms with Crippen LogP contribution >= 0.6 is 0 Å². The van der Waals surface area contributed by atoms with Gasteiger partial charge in [-0.2, -0.15) is 0 Å². The minimum Gasteiger partial charge on any atom is -0.294 e. The van der Waals surface area contributed by atoms with Crippen LogP contribution in [0.4, 0.5) is 0 Å². The van der Waals surface area contributed by atoms with Crippen LogP contribution in [0.5, 0.6) is 0 Å². The monoisotopic (exact) mass is 289 g/mol. The number of hydrogen-bond acceptors (Lipinski definition) is 3. The average Bonchev–Trinajstić information content (AvgIpc) is 2.67. The largest absolute Gasteiger partial charge is 0.294 e. The van der Waals surface area contributed by atoms with Gasteiger partial charge in [0.2, 0.25) is 6.04 Å². The molecule has 0 bridgehead atoms. The van der Waals surface area contributed by atoms with Gasteiger partial charge in [0.15, 0.2) is 5.78 Å². The zero-order valence-corrected chi connectivity index (χ0v) is 13.8. The Balaban J connectivity index is 2.87. The summed E-state index contributed by atoms with van der Waals surface area (Å²) < 4.78 is 0. The van der Waals surface area contributed by atoms with Crippen LogP contribution in [-0.4, -0.2) is 10.7 Å². The van der Waals surface area contributed by atoms with Crippen molar-refractivity contribution in [3.63, 3.8) is 0 Å². The van der Waals surface area contributed by atoms with E-state index in [9.17, 15) is 14.9 Å². The summed E-state index contributed by atoms with van der Waals surface area (Å²) in [6, 6.07) is -0.925. The summed E-state index contributed by atoms with van der Waals surface area (Å²) in [5.74, 6) is -0.663. The van der Waals surface area contributed by atoms with E-state index in [1.807, 2.05) is 48.5 Å². The lowest BCUT2D eigenvalue weighted by molar-refractivity contribution is -0.537. The van der Waals surface area contributed by atoms with Crippen LogP contribution < -0.4 is 0 Å². The molecule has 0 heterocycles. The Bertz CT molecular complexity index is 653. The summed E-state index contributed by atoms with van der Waals surface area (Å²) in [7, 11) is 0. The highest BCUT2D eigenvalue weighted by Gasteiger charge is 2.54. The first-order valence-electron chi connectivity index (χ1n) is 7.28. The highest BCUT2D eigenvalue weighted by molar-refractivity contribution is 6.05. The minimum atomic E-state index is -0.925. The molecule has 1 aromatic carbocycles. The summed E-state index contributed by atoms with van der Waals surface area (Å²) in [5, 5.41) is 11.7. The average molecular weight is 289 g/mol. The van der Waals surface area contributed by atoms with Gasteiger partial charge < -0.3 is 0 Å². The lowest BCUT2D eigenvalue weighted by Gasteiger charge is -2.26. The fraction of sp³-hybridized carbons (Fsp3) is 0.588. The Kier molecular flexibility index (Phi) is 3.47. The maximum Gasteiger partial charge on any atom is 0.249 e. The van der Waals surface area contributed by atoms with Crippen LogP contribution in [0.3, 0.4) is 0 Å². The van der Waals surface area contributed by atoms with Crippen molar-refractivity contribution < 1.29 is 9.72 Å². The first-order chi connectivity index (χ1) is 9.50. The molecule has 0 radical (unpaired) electrons. The van der Waals surface area contributed by atoms with E-state index in [-0.39, 0.29) is 10.7 Å². The second-order valence-corrected chi connectivity index (χ2v) is 7.23. The van der Waals surface area contributed by atoms with E-state index in [1.165, 1.54) is 0 Å². The Morgan fingerprint density at radius 2 is 1.43 bits per heavy atom. The third kappa shape index (κ3) is 2.08. The fourth-order valence-corrected chi connectivity index (χ4v) is 3.59. The number of Topliss-reactive ketones (excluding diaryl/α,β-unsaturated/α-hetero) is 1. The summed E-state index contributed by atoms with van der Waals surface area (Å²) in [6.45, 7) is 13.5. The van der Waals surface area contributed by atoms with E-state index in [1.54, 1.807) is 0 Å². The van der Waals surface area contributed by atoms with Gasteiger partial charge in [-0.1, -0.05) is 20.8 Å². The van der Waals surface area contributed by atoms with Crippen molar-refractivity contribution in [2.75, 3.05) is 0 Å². The molecule has 0 saturated heterocycles. The number of benzene rings is 1. The number of fused-ring (bicyclic) bond motifs is 1. The lowest BCUT2D eigenvalue weighted by atomic mass is 9.76. The second-order valence-electron chi connectivity index (χ2n) is 7.23. The van der Waals surface area contributed by atoms with Crippen LogP contribution in [0, 0.1) is 49.1 Å². The van der Waals surface area contributed by atoms with Gasteiger partial charge in [0, 0.05) is 16.1 Å². The van der Waals surface area contributed by atoms with Crippen molar-refractivity contribution in [1.29, 1.82) is 0 Å². The summed E-state index contributed by atoms with van der Waals surface area (Å²) in [5.41, 5.74) is 4.72. The van der Waals surface area contributed by atoms with Gasteiger partial charge in [0.05, 0.1) is 5.92 Å². The predicted molar refractivity (Wildman–Crippen MR) is 82.4 cm³/mol. The first-order valence-corrected chi connectivity index (χ1v) is 7.28. The topological polar surface area (TPSA) is 60.2 Å². The molecule has 1 aliphatic rings. The molecule has 0 amide bonds. The maximum absolute atomic E-state index is 12.9. The van der Waals surface area contributed by atoms with Gasteiger partial charge in [-0.3, -0.25) is 14.9 Å². The lowest BCUT2D eigenvalue weighted by Crippen LogP contribution is -2.32. The van der Waals surface area contributed by atoms with Gasteiger partial charge >= 0.3 is 0 Å². The molecule has 0 fully saturated rings. The van der Waals surface area contributed by atoms with Crippen molar-refractivity contribution in [3.8, 4) is 0 Å². The molecule has 2 atom stereocenters. The van der Waals surface area contributed by atoms with Gasteiger partial charge in [0.1, 0.15) is 0 Å². The molecule has 0 saturated carbocycles. The zero-order chi connectivity index (χ0) is 16.3. The second kappa shape index (κ2) is 4.65. The Hall–Kier alpha value is -1.71. The van der Waals surface area contributed by atoms with Crippen LogP contribution in [0.15, 0.2) is 0 Å². The van der Waals surface area contributed by atoms with Gasteiger partial charge in [-0.05, 0) is 55.4 Å². The third-order valence-electron chi connectivity index (χ3n) is 5.04. The van der Waals surface area contributed by atoms with E-state index in [0.29, 0.717) is 11.1 Å². The van der Waals surface area contributed by atoms with Crippen molar-refractivity contribution in [2.45, 2.75) is 54.5 Å². The number of ketones is 1. The molecule has 0 aromatic heterocycles. The molecule has 1 aliphatic carbocycles. The molecule has 2 rings (SSSR count). The van der Waals surface area contributed by atoms with Crippen molar-refractivity contribution >= 4 is 5.78 Å². The zero-order valence-electron chi connectivity index (χ0n) is 13.8. The molecule has 114 valence electrons. The Labute approximate surface area is 125 Å². The number of nitrogens with zero attached hydrogens (tertiary/aromatic N) is 1. The van der Waals surface area contributed by atoms with Crippen LogP contribution in [-0.2, 0) is 0 Å². The van der Waals surface area contributed by atoms with Gasteiger partial charge in [-0.25, -0.2) is 0 Å². The molecule has 0 N–H and O–H groups in total. The summed E-state index contributed by atoms with van der Waals surface area (Å²) in [6.07, 6.45) is 0. The SMILES string of the molecule is Cc1c(C)c(C)c2c(c1C)C(=O)[C@@H](C(C)(C)C)[C@H]2[N+](=O)[O-]. The fourth-order valence-electron chi connectivity index (χ4n) is 3.59. The summed E-state index contributed by atoms with van der Waals surface area (Å²) in [4.78, 5) is 24.3. The maximum atomic E-state index is 12.9. The van der Waals surface area contributed by atoms with Gasteiger partial charge in [-0.15, -0.1) is 0 Å². The molecule has 0 unspecified atom stereocenters. The van der Waals surface area contributed by atoms with Crippen molar-refractivity contribution in [1.82, 2.24) is 0 Å². The molecular formula is C17H23NO3. The van der Waals surface area contributed by atoms with E-state index >= 15 is 0 Å². The number of rotatable bonds is 1. The quantitative estimate of drug-likeness (QED) is 0.577.